The Morgan fingerprint density at radius 3 is 2.47 bits per heavy atom. The lowest BCUT2D eigenvalue weighted by molar-refractivity contribution is -0.118. The first-order valence-electron chi connectivity index (χ1n) is 12.3. The summed E-state index contributed by atoms with van der Waals surface area (Å²) in [6, 6.07) is 10.9. The highest BCUT2D eigenvalue weighted by Crippen LogP contribution is 2.30. The Labute approximate surface area is 210 Å². The van der Waals surface area contributed by atoms with E-state index in [9.17, 15) is 14.4 Å². The molecule has 0 bridgehead atoms. The molecule has 1 aromatic heterocycles. The molecule has 2 aromatic carbocycles. The normalized spacial score (nSPS) is 13.6. The Hall–Kier alpha value is -3.81. The van der Waals surface area contributed by atoms with Crippen molar-refractivity contribution in [1.82, 2.24) is 9.88 Å². The highest BCUT2D eigenvalue weighted by atomic mass is 16.5. The minimum absolute atomic E-state index is 0.0837. The van der Waals surface area contributed by atoms with E-state index >= 15 is 0 Å². The lowest BCUT2D eigenvalue weighted by Gasteiger charge is -2.11. The van der Waals surface area contributed by atoms with Crippen LogP contribution in [0.3, 0.4) is 0 Å². The van der Waals surface area contributed by atoms with Gasteiger partial charge < -0.3 is 25.1 Å². The van der Waals surface area contributed by atoms with E-state index in [1.807, 2.05) is 35.0 Å². The van der Waals surface area contributed by atoms with Crippen LogP contribution in [0.5, 0.6) is 5.75 Å². The number of primary amides is 1. The van der Waals surface area contributed by atoms with Gasteiger partial charge in [0.25, 0.3) is 5.91 Å². The zero-order valence-corrected chi connectivity index (χ0v) is 20.8. The third-order valence-corrected chi connectivity index (χ3v) is 6.94. The SMILES string of the molecule is COC(=O)c1ccc(Cc2cn(CCC(N)=O)c3ccc(C(=O)NCC4CCCC4)cc23)c(OC)c1. The van der Waals surface area contributed by atoms with E-state index in [1.54, 1.807) is 19.2 Å². The number of nitrogens with zero attached hydrogens (tertiary/aromatic N) is 1. The lowest BCUT2D eigenvalue weighted by Crippen LogP contribution is -2.28. The molecule has 8 nitrogen and oxygen atoms in total. The molecule has 36 heavy (non-hydrogen) atoms. The number of aryl methyl sites for hydroxylation is 1. The number of esters is 1. The van der Waals surface area contributed by atoms with Crippen LogP contribution in [-0.2, 0) is 22.5 Å². The molecule has 3 N–H and O–H groups in total. The van der Waals surface area contributed by atoms with Crippen LogP contribution in [0.15, 0.2) is 42.6 Å². The average Bonchev–Trinajstić information content (AvgIpc) is 3.53. The molecule has 3 aromatic rings. The summed E-state index contributed by atoms with van der Waals surface area (Å²) in [7, 11) is 2.90. The van der Waals surface area contributed by atoms with Crippen LogP contribution in [0.4, 0.5) is 0 Å². The number of amides is 2. The Morgan fingerprint density at radius 1 is 1.03 bits per heavy atom. The number of benzene rings is 2. The van der Waals surface area contributed by atoms with Crippen molar-refractivity contribution in [3.63, 3.8) is 0 Å². The summed E-state index contributed by atoms with van der Waals surface area (Å²) in [5.41, 5.74) is 9.18. The van der Waals surface area contributed by atoms with Crippen LogP contribution < -0.4 is 15.8 Å². The highest BCUT2D eigenvalue weighted by molar-refractivity contribution is 5.99. The largest absolute Gasteiger partial charge is 0.496 e. The second kappa shape index (κ2) is 11.3. The van der Waals surface area contributed by atoms with E-state index in [0.29, 0.717) is 42.3 Å². The van der Waals surface area contributed by atoms with Crippen LogP contribution in [0, 0.1) is 5.92 Å². The first kappa shape index (κ1) is 25.3. The summed E-state index contributed by atoms with van der Waals surface area (Å²) in [4.78, 5) is 36.3. The molecule has 0 unspecified atom stereocenters. The van der Waals surface area contributed by atoms with Crippen molar-refractivity contribution in [2.75, 3.05) is 20.8 Å². The molecule has 1 heterocycles. The molecule has 0 radical (unpaired) electrons. The van der Waals surface area contributed by atoms with Gasteiger partial charge in [0.1, 0.15) is 5.75 Å². The van der Waals surface area contributed by atoms with Gasteiger partial charge in [-0.2, -0.15) is 0 Å². The minimum atomic E-state index is -0.434. The number of nitrogens with two attached hydrogens (primary N) is 1. The van der Waals surface area contributed by atoms with E-state index in [2.05, 4.69) is 5.32 Å². The van der Waals surface area contributed by atoms with E-state index in [1.165, 1.54) is 32.8 Å². The number of methoxy groups -OCH3 is 2. The van der Waals surface area contributed by atoms with E-state index in [-0.39, 0.29) is 18.2 Å². The Kier molecular flexibility index (Phi) is 7.93. The van der Waals surface area contributed by atoms with Gasteiger partial charge in [-0.3, -0.25) is 9.59 Å². The number of nitrogens with one attached hydrogen (secondary N) is 1. The zero-order valence-electron chi connectivity index (χ0n) is 20.8. The highest BCUT2D eigenvalue weighted by Gasteiger charge is 2.18. The van der Waals surface area contributed by atoms with Crippen molar-refractivity contribution in [1.29, 1.82) is 0 Å². The summed E-state index contributed by atoms with van der Waals surface area (Å²) in [6.45, 7) is 1.14. The van der Waals surface area contributed by atoms with Crippen LogP contribution in [0.2, 0.25) is 0 Å². The van der Waals surface area contributed by atoms with Gasteiger partial charge in [0.15, 0.2) is 0 Å². The van der Waals surface area contributed by atoms with E-state index in [0.717, 1.165) is 22.0 Å². The van der Waals surface area contributed by atoms with Crippen molar-refractivity contribution < 1.29 is 23.9 Å². The molecule has 2 amide bonds. The third-order valence-electron chi connectivity index (χ3n) is 6.94. The fourth-order valence-corrected chi connectivity index (χ4v) is 4.96. The first-order chi connectivity index (χ1) is 17.4. The standard InChI is InChI=1S/C28H33N3O5/c1-35-25-15-21(28(34)36-2)8-7-19(25)13-22-17-31(12-11-26(29)32)24-10-9-20(14-23(22)24)27(33)30-16-18-5-3-4-6-18/h7-10,14-15,17-18H,3-6,11-13,16H2,1-2H3,(H2,29,32)(H,30,33). The van der Waals surface area contributed by atoms with Gasteiger partial charge in [-0.15, -0.1) is 0 Å². The summed E-state index contributed by atoms with van der Waals surface area (Å²) in [6.07, 6.45) is 7.52. The maximum Gasteiger partial charge on any atom is 0.337 e. The quantitative estimate of drug-likeness (QED) is 0.419. The average molecular weight is 492 g/mol. The van der Waals surface area contributed by atoms with Gasteiger partial charge in [-0.25, -0.2) is 4.79 Å². The monoisotopic (exact) mass is 491 g/mol. The van der Waals surface area contributed by atoms with Crippen LogP contribution in [-0.4, -0.2) is 43.1 Å². The second-order valence-corrected chi connectivity index (χ2v) is 9.35. The van der Waals surface area contributed by atoms with E-state index < -0.39 is 5.97 Å². The van der Waals surface area contributed by atoms with Crippen molar-refractivity contribution in [2.45, 2.75) is 45.1 Å². The number of ether oxygens (including phenoxy) is 2. The molecule has 1 saturated carbocycles. The topological polar surface area (TPSA) is 113 Å². The summed E-state index contributed by atoms with van der Waals surface area (Å²) < 4.78 is 12.4. The van der Waals surface area contributed by atoms with Gasteiger partial charge in [0.05, 0.1) is 19.8 Å². The van der Waals surface area contributed by atoms with Gasteiger partial charge >= 0.3 is 5.97 Å². The Morgan fingerprint density at radius 2 is 1.78 bits per heavy atom. The molecule has 1 aliphatic rings. The van der Waals surface area contributed by atoms with Gasteiger partial charge in [-0.1, -0.05) is 18.9 Å². The van der Waals surface area contributed by atoms with E-state index in [4.69, 9.17) is 15.2 Å². The Bertz CT molecular complexity index is 1270. The van der Waals surface area contributed by atoms with Crippen LogP contribution in [0.25, 0.3) is 10.9 Å². The number of hydrogen-bond acceptors (Lipinski definition) is 5. The number of rotatable bonds is 10. The maximum atomic E-state index is 12.9. The van der Waals surface area contributed by atoms with Crippen molar-refractivity contribution >= 4 is 28.7 Å². The molecule has 1 fully saturated rings. The number of hydrogen-bond donors (Lipinski definition) is 2. The smallest absolute Gasteiger partial charge is 0.337 e. The molecule has 190 valence electrons. The maximum absolute atomic E-state index is 12.9. The molecule has 0 spiro atoms. The van der Waals surface area contributed by atoms with Gasteiger partial charge in [0.2, 0.25) is 5.91 Å². The molecular formula is C28H33N3O5. The van der Waals surface area contributed by atoms with Crippen molar-refractivity contribution in [2.24, 2.45) is 11.7 Å². The molecule has 0 saturated heterocycles. The van der Waals surface area contributed by atoms with Crippen molar-refractivity contribution in [3.8, 4) is 5.75 Å². The molecule has 1 aliphatic carbocycles. The molecular weight excluding hydrogens is 458 g/mol. The van der Waals surface area contributed by atoms with Gasteiger partial charge in [-0.05, 0) is 60.2 Å². The van der Waals surface area contributed by atoms with Gasteiger partial charge in [0, 0.05) is 48.6 Å². The lowest BCUT2D eigenvalue weighted by atomic mass is 10.0. The molecule has 0 aliphatic heterocycles. The third kappa shape index (κ3) is 5.70. The van der Waals surface area contributed by atoms with Crippen molar-refractivity contribution in [3.05, 3.63) is 64.8 Å². The fourth-order valence-electron chi connectivity index (χ4n) is 4.96. The predicted octanol–water partition coefficient (Wildman–Crippen LogP) is 3.82. The molecule has 0 atom stereocenters. The first-order valence-corrected chi connectivity index (χ1v) is 12.3. The number of aromatic nitrogens is 1. The van der Waals surface area contributed by atoms with Crippen LogP contribution >= 0.6 is 0 Å². The summed E-state index contributed by atoms with van der Waals surface area (Å²) >= 11 is 0. The second-order valence-electron chi connectivity index (χ2n) is 9.35. The molecule has 8 heteroatoms. The molecule has 4 rings (SSSR count). The number of fused-ring (bicyclic) bond motifs is 1. The summed E-state index contributed by atoms with van der Waals surface area (Å²) in [5.74, 6) is 0.238. The summed E-state index contributed by atoms with van der Waals surface area (Å²) in [5, 5.41) is 4.01. The van der Waals surface area contributed by atoms with Crippen LogP contribution in [0.1, 0.15) is 63.9 Å². The zero-order chi connectivity index (χ0) is 25.7. The number of carbonyl (C=O) groups excluding carboxylic acids is 3. The predicted molar refractivity (Wildman–Crippen MR) is 137 cm³/mol. The Balaban J connectivity index is 1.66. The number of carbonyl (C=O) groups is 3. The minimum Gasteiger partial charge on any atom is -0.496 e. The fraction of sp³-hybridized carbons (Fsp3) is 0.393.